The normalized spacial score (nSPS) is 15.4. The number of likely N-dealkylation sites (N-methyl/N-ethyl adjacent to an activating group) is 1. The second-order valence-corrected chi connectivity index (χ2v) is 5.65. The van der Waals surface area contributed by atoms with Gasteiger partial charge in [-0.3, -0.25) is 14.5 Å². The minimum absolute atomic E-state index is 0.222. The summed E-state index contributed by atoms with van der Waals surface area (Å²) in [5, 5.41) is 6.99. The van der Waals surface area contributed by atoms with E-state index < -0.39 is 17.8 Å². The highest BCUT2D eigenvalue weighted by molar-refractivity contribution is 6.38. The van der Waals surface area contributed by atoms with Crippen molar-refractivity contribution in [3.63, 3.8) is 0 Å². The second kappa shape index (κ2) is 6.34. The van der Waals surface area contributed by atoms with Gasteiger partial charge in [-0.2, -0.15) is 5.10 Å². The highest BCUT2D eigenvalue weighted by Crippen LogP contribution is 2.07. The molecule has 1 saturated heterocycles. The zero-order valence-corrected chi connectivity index (χ0v) is 13.7. The molecule has 0 spiro atoms. The van der Waals surface area contributed by atoms with E-state index in [1.165, 1.54) is 4.90 Å². The van der Waals surface area contributed by atoms with Crippen LogP contribution in [0.1, 0.15) is 12.6 Å². The third kappa shape index (κ3) is 2.84. The second-order valence-electron chi connectivity index (χ2n) is 5.65. The van der Waals surface area contributed by atoms with Gasteiger partial charge in [0.25, 0.3) is 0 Å². The number of hydrogen-bond donors (Lipinski definition) is 1. The number of urea groups is 1. The first-order valence-electron chi connectivity index (χ1n) is 7.91. The van der Waals surface area contributed by atoms with Gasteiger partial charge in [-0.05, 0) is 13.8 Å². The number of carbonyl (C=O) groups is 3. The molecule has 0 aliphatic carbocycles. The molecule has 3 heterocycles. The summed E-state index contributed by atoms with van der Waals surface area (Å²) in [6.45, 7) is 5.68. The van der Waals surface area contributed by atoms with Crippen LogP contribution in [0.25, 0.3) is 5.65 Å². The van der Waals surface area contributed by atoms with Crippen LogP contribution in [-0.4, -0.2) is 68.0 Å². The number of carbonyl (C=O) groups excluding carboxylic acids is 3. The number of aryl methyl sites for hydroxylation is 1. The Hall–Kier alpha value is -2.84. The van der Waals surface area contributed by atoms with Gasteiger partial charge in [0.2, 0.25) is 0 Å². The Morgan fingerprint density at radius 3 is 2.79 bits per heavy atom. The zero-order valence-electron chi connectivity index (χ0n) is 13.7. The van der Waals surface area contributed by atoms with E-state index in [1.54, 1.807) is 11.4 Å². The first-order chi connectivity index (χ1) is 11.5. The maximum atomic E-state index is 12.1. The number of fused-ring (bicyclic) bond motifs is 1. The summed E-state index contributed by atoms with van der Waals surface area (Å²) in [4.78, 5) is 38.3. The minimum atomic E-state index is -0.768. The minimum Gasteiger partial charge on any atom is -0.336 e. The lowest BCUT2D eigenvalue weighted by Crippen LogP contribution is -2.58. The number of amides is 4. The van der Waals surface area contributed by atoms with Crippen LogP contribution in [0.4, 0.5) is 4.79 Å². The quantitative estimate of drug-likeness (QED) is 0.788. The van der Waals surface area contributed by atoms with Crippen molar-refractivity contribution in [2.75, 3.05) is 26.2 Å². The Labute approximate surface area is 138 Å². The van der Waals surface area contributed by atoms with Crippen LogP contribution >= 0.6 is 0 Å². The largest absolute Gasteiger partial charge is 0.336 e. The van der Waals surface area contributed by atoms with Crippen molar-refractivity contribution in [2.45, 2.75) is 20.4 Å². The summed E-state index contributed by atoms with van der Waals surface area (Å²) in [6.07, 6.45) is 3.72. The summed E-state index contributed by atoms with van der Waals surface area (Å²) in [5.74, 6) is -1.39. The topological polar surface area (TPSA) is 91.9 Å². The molecule has 0 radical (unpaired) electrons. The van der Waals surface area contributed by atoms with Gasteiger partial charge in [0.05, 0.1) is 5.69 Å². The smallest absolute Gasteiger partial charge is 0.324 e. The maximum absolute atomic E-state index is 12.1. The number of aromatic nitrogens is 3. The van der Waals surface area contributed by atoms with Crippen molar-refractivity contribution >= 4 is 23.5 Å². The molecule has 3 rings (SSSR count). The van der Waals surface area contributed by atoms with E-state index in [9.17, 15) is 14.4 Å². The van der Waals surface area contributed by atoms with E-state index in [-0.39, 0.29) is 6.54 Å². The first kappa shape index (κ1) is 16.0. The van der Waals surface area contributed by atoms with Crippen molar-refractivity contribution in [1.82, 2.24) is 29.3 Å². The highest BCUT2D eigenvalue weighted by atomic mass is 16.2. The van der Waals surface area contributed by atoms with Gasteiger partial charge >= 0.3 is 17.8 Å². The predicted octanol–water partition coefficient (Wildman–Crippen LogP) is -0.155. The van der Waals surface area contributed by atoms with Crippen molar-refractivity contribution in [2.24, 2.45) is 0 Å². The first-order valence-corrected chi connectivity index (χ1v) is 7.91. The van der Waals surface area contributed by atoms with Crippen molar-refractivity contribution < 1.29 is 14.4 Å². The van der Waals surface area contributed by atoms with Gasteiger partial charge in [-0.1, -0.05) is 0 Å². The van der Waals surface area contributed by atoms with Crippen molar-refractivity contribution in [3.8, 4) is 0 Å². The molecule has 0 aromatic carbocycles. The van der Waals surface area contributed by atoms with E-state index in [4.69, 9.17) is 0 Å². The Bertz CT molecular complexity index is 792. The van der Waals surface area contributed by atoms with Crippen LogP contribution in [0.2, 0.25) is 0 Å². The molecule has 9 heteroatoms. The molecule has 4 amide bonds. The fourth-order valence-electron chi connectivity index (χ4n) is 2.79. The Morgan fingerprint density at radius 2 is 2.04 bits per heavy atom. The Kier molecular flexibility index (Phi) is 4.24. The number of imidazole rings is 1. The molecule has 24 heavy (non-hydrogen) atoms. The molecule has 1 N–H and O–H groups in total. The van der Waals surface area contributed by atoms with E-state index >= 15 is 0 Å². The molecule has 0 saturated carbocycles. The molecule has 1 aliphatic heterocycles. The van der Waals surface area contributed by atoms with Crippen molar-refractivity contribution in [1.29, 1.82) is 0 Å². The third-order valence-electron chi connectivity index (χ3n) is 4.08. The number of nitrogens with one attached hydrogen (secondary N) is 1. The van der Waals surface area contributed by atoms with Gasteiger partial charge < -0.3 is 14.8 Å². The number of imide groups is 1. The number of rotatable bonds is 4. The van der Waals surface area contributed by atoms with Crippen LogP contribution < -0.4 is 5.32 Å². The van der Waals surface area contributed by atoms with E-state index in [0.717, 1.165) is 16.2 Å². The molecular weight excluding hydrogens is 312 g/mol. The van der Waals surface area contributed by atoms with Crippen molar-refractivity contribution in [3.05, 3.63) is 24.2 Å². The zero-order chi connectivity index (χ0) is 17.3. The summed E-state index contributed by atoms with van der Waals surface area (Å²) in [6, 6.07) is 1.42. The van der Waals surface area contributed by atoms with E-state index in [2.05, 4.69) is 10.4 Å². The van der Waals surface area contributed by atoms with Crippen LogP contribution in [0.5, 0.6) is 0 Å². The SMILES string of the molecule is CCN1CCN(C(=O)NCCn2ccn3nc(C)cc23)C(=O)C1=O. The summed E-state index contributed by atoms with van der Waals surface area (Å²) < 4.78 is 3.73. The van der Waals surface area contributed by atoms with Gasteiger partial charge in [-0.25, -0.2) is 9.31 Å². The molecule has 0 bridgehead atoms. The molecule has 1 fully saturated rings. The van der Waals surface area contributed by atoms with Crippen LogP contribution in [-0.2, 0) is 16.1 Å². The third-order valence-corrected chi connectivity index (χ3v) is 4.08. The molecule has 1 aliphatic rings. The molecule has 128 valence electrons. The lowest BCUT2D eigenvalue weighted by Gasteiger charge is -2.31. The monoisotopic (exact) mass is 332 g/mol. The molecule has 2 aromatic rings. The molecule has 2 aromatic heterocycles. The maximum Gasteiger partial charge on any atom is 0.324 e. The Morgan fingerprint density at radius 1 is 1.25 bits per heavy atom. The average molecular weight is 332 g/mol. The van der Waals surface area contributed by atoms with Gasteiger partial charge in [-0.15, -0.1) is 0 Å². The standard InChI is InChI=1S/C15H20N6O3/c1-3-18-6-8-20(14(23)13(18)22)15(24)16-4-5-19-7-9-21-12(19)10-11(2)17-21/h7,9-10H,3-6,8H2,1-2H3,(H,16,24). The average Bonchev–Trinajstić information content (AvgIpc) is 3.09. The highest BCUT2D eigenvalue weighted by Gasteiger charge is 2.35. The number of piperazine rings is 1. The fourth-order valence-corrected chi connectivity index (χ4v) is 2.79. The van der Waals surface area contributed by atoms with Gasteiger partial charge in [0.15, 0.2) is 0 Å². The summed E-state index contributed by atoms with van der Waals surface area (Å²) in [7, 11) is 0. The lowest BCUT2D eigenvalue weighted by molar-refractivity contribution is -0.153. The van der Waals surface area contributed by atoms with Crippen LogP contribution in [0.15, 0.2) is 18.5 Å². The van der Waals surface area contributed by atoms with Crippen LogP contribution in [0.3, 0.4) is 0 Å². The summed E-state index contributed by atoms with van der Waals surface area (Å²) in [5.41, 5.74) is 1.85. The molecule has 9 nitrogen and oxygen atoms in total. The Balaban J connectivity index is 1.56. The van der Waals surface area contributed by atoms with Gasteiger partial charge in [0.1, 0.15) is 5.65 Å². The molecule has 0 atom stereocenters. The van der Waals surface area contributed by atoms with E-state index in [0.29, 0.717) is 26.2 Å². The lowest BCUT2D eigenvalue weighted by atomic mass is 10.3. The van der Waals surface area contributed by atoms with E-state index in [1.807, 2.05) is 30.0 Å². The molecule has 0 unspecified atom stereocenters. The van der Waals surface area contributed by atoms with Gasteiger partial charge in [0, 0.05) is 51.2 Å². The predicted molar refractivity (Wildman–Crippen MR) is 85.3 cm³/mol. The molecular formula is C15H20N6O3. The number of hydrogen-bond acceptors (Lipinski definition) is 4. The fraction of sp³-hybridized carbons (Fsp3) is 0.467. The summed E-state index contributed by atoms with van der Waals surface area (Å²) >= 11 is 0. The number of nitrogens with zero attached hydrogens (tertiary/aromatic N) is 5. The van der Waals surface area contributed by atoms with Crippen LogP contribution in [0, 0.1) is 6.92 Å².